The number of carbonyl (C=O) groups is 1. The first-order chi connectivity index (χ1) is 9.20. The highest BCUT2D eigenvalue weighted by Crippen LogP contribution is 2.20. The van der Waals surface area contributed by atoms with Crippen molar-refractivity contribution < 1.29 is 19.0 Å². The number of rotatable bonds is 4. The SMILES string of the molecule is COc1cccc(O[C@@H](C)C(=O)N2CCOCC2)c1. The van der Waals surface area contributed by atoms with Gasteiger partial charge in [0.05, 0.1) is 20.3 Å². The van der Waals surface area contributed by atoms with Crippen LogP contribution in [0, 0.1) is 0 Å². The number of nitrogens with zero attached hydrogens (tertiary/aromatic N) is 1. The largest absolute Gasteiger partial charge is 0.497 e. The fourth-order valence-corrected chi connectivity index (χ4v) is 1.97. The molecule has 1 amide bonds. The van der Waals surface area contributed by atoms with Gasteiger partial charge in [0.25, 0.3) is 5.91 Å². The molecule has 5 heteroatoms. The molecule has 1 atom stereocenters. The van der Waals surface area contributed by atoms with Gasteiger partial charge in [0.1, 0.15) is 11.5 Å². The molecule has 1 aliphatic heterocycles. The van der Waals surface area contributed by atoms with Gasteiger partial charge in [-0.1, -0.05) is 6.07 Å². The van der Waals surface area contributed by atoms with Crippen molar-refractivity contribution in [2.45, 2.75) is 13.0 Å². The van der Waals surface area contributed by atoms with Gasteiger partial charge in [-0.2, -0.15) is 0 Å². The van der Waals surface area contributed by atoms with E-state index < -0.39 is 6.10 Å². The fraction of sp³-hybridized carbons (Fsp3) is 0.500. The molecule has 0 saturated carbocycles. The maximum Gasteiger partial charge on any atom is 0.263 e. The molecule has 1 aromatic carbocycles. The highest BCUT2D eigenvalue weighted by Gasteiger charge is 2.23. The fourth-order valence-electron chi connectivity index (χ4n) is 1.97. The third-order valence-electron chi connectivity index (χ3n) is 3.02. The average Bonchev–Trinajstić information content (AvgIpc) is 2.47. The van der Waals surface area contributed by atoms with E-state index >= 15 is 0 Å². The second-order valence-electron chi connectivity index (χ2n) is 4.38. The number of morpholine rings is 1. The molecular weight excluding hydrogens is 246 g/mol. The molecule has 5 nitrogen and oxygen atoms in total. The molecule has 104 valence electrons. The normalized spacial score (nSPS) is 16.8. The lowest BCUT2D eigenvalue weighted by atomic mass is 10.3. The molecule has 1 saturated heterocycles. The van der Waals surface area contributed by atoms with Gasteiger partial charge >= 0.3 is 0 Å². The van der Waals surface area contributed by atoms with E-state index in [2.05, 4.69) is 0 Å². The number of amides is 1. The summed E-state index contributed by atoms with van der Waals surface area (Å²) >= 11 is 0. The van der Waals surface area contributed by atoms with Crippen LogP contribution in [0.1, 0.15) is 6.92 Å². The summed E-state index contributed by atoms with van der Waals surface area (Å²) in [4.78, 5) is 13.9. The topological polar surface area (TPSA) is 48.0 Å². The average molecular weight is 265 g/mol. The molecule has 0 aromatic heterocycles. The number of hydrogen-bond acceptors (Lipinski definition) is 4. The van der Waals surface area contributed by atoms with Crippen LogP contribution in [0.5, 0.6) is 11.5 Å². The Morgan fingerprint density at radius 1 is 1.32 bits per heavy atom. The Hall–Kier alpha value is -1.75. The Morgan fingerprint density at radius 3 is 2.68 bits per heavy atom. The van der Waals surface area contributed by atoms with Gasteiger partial charge < -0.3 is 19.1 Å². The highest BCUT2D eigenvalue weighted by molar-refractivity contribution is 5.81. The molecule has 0 N–H and O–H groups in total. The maximum atomic E-state index is 12.2. The van der Waals surface area contributed by atoms with E-state index in [1.165, 1.54) is 0 Å². The summed E-state index contributed by atoms with van der Waals surface area (Å²) in [6.07, 6.45) is -0.509. The lowest BCUT2D eigenvalue weighted by Crippen LogP contribution is -2.46. The molecule has 0 bridgehead atoms. The van der Waals surface area contributed by atoms with Gasteiger partial charge in [-0.25, -0.2) is 0 Å². The summed E-state index contributed by atoms with van der Waals surface area (Å²) in [7, 11) is 1.60. The smallest absolute Gasteiger partial charge is 0.263 e. The number of ether oxygens (including phenoxy) is 3. The summed E-state index contributed by atoms with van der Waals surface area (Å²) < 4.78 is 16.0. The molecular formula is C14H19NO4. The van der Waals surface area contributed by atoms with Gasteiger partial charge in [0.15, 0.2) is 6.10 Å². The summed E-state index contributed by atoms with van der Waals surface area (Å²) in [5.74, 6) is 1.34. The van der Waals surface area contributed by atoms with Crippen molar-refractivity contribution in [3.05, 3.63) is 24.3 Å². The second kappa shape index (κ2) is 6.43. The third kappa shape index (κ3) is 3.61. The van der Waals surface area contributed by atoms with Gasteiger partial charge in [0, 0.05) is 19.2 Å². The minimum absolute atomic E-state index is 0.00822. The molecule has 0 unspecified atom stereocenters. The van der Waals surface area contributed by atoms with E-state index in [4.69, 9.17) is 14.2 Å². The van der Waals surface area contributed by atoms with Crippen molar-refractivity contribution in [1.29, 1.82) is 0 Å². The van der Waals surface area contributed by atoms with E-state index in [-0.39, 0.29) is 5.91 Å². The standard InChI is InChI=1S/C14H19NO4/c1-11(14(16)15-6-8-18-9-7-15)19-13-5-3-4-12(10-13)17-2/h3-5,10-11H,6-9H2,1-2H3/t11-/m0/s1. The van der Waals surface area contributed by atoms with Crippen LogP contribution in [0.4, 0.5) is 0 Å². The monoisotopic (exact) mass is 265 g/mol. The van der Waals surface area contributed by atoms with Gasteiger partial charge in [-0.3, -0.25) is 4.79 Å². The Balaban J connectivity index is 1.95. The van der Waals surface area contributed by atoms with Crippen molar-refractivity contribution in [3.63, 3.8) is 0 Å². The molecule has 1 aliphatic rings. The quantitative estimate of drug-likeness (QED) is 0.824. The molecule has 1 heterocycles. The zero-order valence-corrected chi connectivity index (χ0v) is 11.3. The number of hydrogen-bond donors (Lipinski definition) is 0. The third-order valence-corrected chi connectivity index (χ3v) is 3.02. The summed E-state index contributed by atoms with van der Waals surface area (Å²) in [6.45, 7) is 4.21. The predicted molar refractivity (Wildman–Crippen MR) is 70.5 cm³/mol. The van der Waals surface area contributed by atoms with E-state index in [1.807, 2.05) is 18.2 Å². The van der Waals surface area contributed by atoms with Crippen LogP contribution in [-0.2, 0) is 9.53 Å². The van der Waals surface area contributed by atoms with Crippen molar-refractivity contribution in [2.24, 2.45) is 0 Å². The molecule has 0 spiro atoms. The van der Waals surface area contributed by atoms with Gasteiger partial charge in [-0.15, -0.1) is 0 Å². The maximum absolute atomic E-state index is 12.2. The zero-order chi connectivity index (χ0) is 13.7. The van der Waals surface area contributed by atoms with Crippen LogP contribution in [0.15, 0.2) is 24.3 Å². The first-order valence-electron chi connectivity index (χ1n) is 6.38. The summed E-state index contributed by atoms with van der Waals surface area (Å²) in [5.41, 5.74) is 0. The Labute approximate surface area is 113 Å². The first-order valence-corrected chi connectivity index (χ1v) is 6.38. The predicted octanol–water partition coefficient (Wildman–Crippen LogP) is 1.32. The molecule has 0 aliphatic carbocycles. The highest BCUT2D eigenvalue weighted by atomic mass is 16.5. The number of methoxy groups -OCH3 is 1. The van der Waals surface area contributed by atoms with Crippen LogP contribution in [0.2, 0.25) is 0 Å². The van der Waals surface area contributed by atoms with E-state index in [0.29, 0.717) is 37.8 Å². The first kappa shape index (κ1) is 13.7. The van der Waals surface area contributed by atoms with Gasteiger partial charge in [-0.05, 0) is 19.1 Å². The van der Waals surface area contributed by atoms with Crippen LogP contribution >= 0.6 is 0 Å². The van der Waals surface area contributed by atoms with Crippen molar-refractivity contribution in [1.82, 2.24) is 4.90 Å². The Bertz CT molecular complexity index is 429. The van der Waals surface area contributed by atoms with Crippen molar-refractivity contribution in [2.75, 3.05) is 33.4 Å². The van der Waals surface area contributed by atoms with Crippen molar-refractivity contribution >= 4 is 5.91 Å². The number of carbonyl (C=O) groups excluding carboxylic acids is 1. The summed E-state index contributed by atoms with van der Waals surface area (Å²) in [5, 5.41) is 0. The molecule has 19 heavy (non-hydrogen) atoms. The molecule has 2 rings (SSSR count). The minimum atomic E-state index is -0.509. The zero-order valence-electron chi connectivity index (χ0n) is 11.3. The Kier molecular flexibility index (Phi) is 4.63. The summed E-state index contributed by atoms with van der Waals surface area (Å²) in [6, 6.07) is 7.25. The molecule has 1 aromatic rings. The van der Waals surface area contributed by atoms with E-state index in [0.717, 1.165) is 0 Å². The lowest BCUT2D eigenvalue weighted by Gasteiger charge is -2.29. The van der Waals surface area contributed by atoms with Crippen LogP contribution in [0.25, 0.3) is 0 Å². The van der Waals surface area contributed by atoms with E-state index in [9.17, 15) is 4.79 Å². The Morgan fingerprint density at radius 2 is 2.00 bits per heavy atom. The lowest BCUT2D eigenvalue weighted by molar-refractivity contribution is -0.142. The van der Waals surface area contributed by atoms with Gasteiger partial charge in [0.2, 0.25) is 0 Å². The van der Waals surface area contributed by atoms with Crippen LogP contribution in [0.3, 0.4) is 0 Å². The number of benzene rings is 1. The van der Waals surface area contributed by atoms with Crippen LogP contribution < -0.4 is 9.47 Å². The molecule has 1 fully saturated rings. The minimum Gasteiger partial charge on any atom is -0.497 e. The van der Waals surface area contributed by atoms with Crippen LogP contribution in [-0.4, -0.2) is 50.3 Å². The van der Waals surface area contributed by atoms with Crippen molar-refractivity contribution in [3.8, 4) is 11.5 Å². The molecule has 0 radical (unpaired) electrons. The van der Waals surface area contributed by atoms with E-state index in [1.54, 1.807) is 25.0 Å². The second-order valence-corrected chi connectivity index (χ2v) is 4.38.